The summed E-state index contributed by atoms with van der Waals surface area (Å²) in [6.07, 6.45) is 0.795. The second kappa shape index (κ2) is 7.57. The molecule has 0 fully saturated rings. The van der Waals surface area contributed by atoms with Gasteiger partial charge in [0.25, 0.3) is 0 Å². The predicted octanol–water partition coefficient (Wildman–Crippen LogP) is 4.49. The van der Waals surface area contributed by atoms with Crippen molar-refractivity contribution in [1.82, 2.24) is 5.32 Å². The van der Waals surface area contributed by atoms with E-state index >= 15 is 0 Å². The van der Waals surface area contributed by atoms with E-state index in [0.717, 1.165) is 27.8 Å². The monoisotopic (exact) mass is 351 g/mol. The zero-order valence-electron chi connectivity index (χ0n) is 12.2. The Morgan fingerprint density at radius 1 is 1.19 bits per heavy atom. The van der Waals surface area contributed by atoms with Crippen molar-refractivity contribution in [1.29, 1.82) is 0 Å². The van der Waals surface area contributed by atoms with Crippen LogP contribution in [0.3, 0.4) is 0 Å². The van der Waals surface area contributed by atoms with Gasteiger partial charge in [-0.2, -0.15) is 0 Å². The standard InChI is InChI=1S/C17H19BrFNO/c1-3-21-14-8-9-15(16(18)11-14)17(20-2)10-12-4-6-13(19)7-5-12/h4-9,11,17,20H,3,10H2,1-2H3. The lowest BCUT2D eigenvalue weighted by molar-refractivity contribution is 0.340. The minimum Gasteiger partial charge on any atom is -0.494 e. The molecule has 0 aliphatic heterocycles. The van der Waals surface area contributed by atoms with Gasteiger partial charge in [0.15, 0.2) is 0 Å². The van der Waals surface area contributed by atoms with Crippen molar-refractivity contribution >= 4 is 15.9 Å². The van der Waals surface area contributed by atoms with E-state index in [1.165, 1.54) is 12.1 Å². The fourth-order valence-corrected chi connectivity index (χ4v) is 2.90. The topological polar surface area (TPSA) is 21.3 Å². The first-order valence-corrected chi connectivity index (χ1v) is 7.77. The second-order valence-corrected chi connectivity index (χ2v) is 5.64. The van der Waals surface area contributed by atoms with E-state index < -0.39 is 0 Å². The molecular weight excluding hydrogens is 333 g/mol. The molecule has 2 aromatic carbocycles. The van der Waals surface area contributed by atoms with Crippen molar-refractivity contribution < 1.29 is 9.13 Å². The number of hydrogen-bond donors (Lipinski definition) is 1. The highest BCUT2D eigenvalue weighted by Gasteiger charge is 2.14. The van der Waals surface area contributed by atoms with Crippen molar-refractivity contribution in [2.75, 3.05) is 13.7 Å². The minimum absolute atomic E-state index is 0.153. The Morgan fingerprint density at radius 2 is 1.90 bits per heavy atom. The summed E-state index contributed by atoms with van der Waals surface area (Å²) in [4.78, 5) is 0. The van der Waals surface area contributed by atoms with E-state index in [0.29, 0.717) is 6.61 Å². The summed E-state index contributed by atoms with van der Waals surface area (Å²) < 4.78 is 19.5. The van der Waals surface area contributed by atoms with E-state index in [-0.39, 0.29) is 11.9 Å². The third kappa shape index (κ3) is 4.29. The summed E-state index contributed by atoms with van der Waals surface area (Å²) in [6, 6.07) is 12.8. The number of hydrogen-bond acceptors (Lipinski definition) is 2. The van der Waals surface area contributed by atoms with E-state index in [9.17, 15) is 4.39 Å². The van der Waals surface area contributed by atoms with Gasteiger partial charge in [0, 0.05) is 10.5 Å². The van der Waals surface area contributed by atoms with Crippen molar-refractivity contribution in [3.8, 4) is 5.75 Å². The summed E-state index contributed by atoms with van der Waals surface area (Å²) >= 11 is 3.60. The van der Waals surface area contributed by atoms with Crippen molar-refractivity contribution in [3.63, 3.8) is 0 Å². The van der Waals surface area contributed by atoms with Gasteiger partial charge in [0.2, 0.25) is 0 Å². The predicted molar refractivity (Wildman–Crippen MR) is 87.2 cm³/mol. The van der Waals surface area contributed by atoms with Crippen LogP contribution in [0.2, 0.25) is 0 Å². The van der Waals surface area contributed by atoms with Crippen LogP contribution in [-0.2, 0) is 6.42 Å². The molecule has 1 unspecified atom stereocenters. The zero-order valence-corrected chi connectivity index (χ0v) is 13.8. The fraction of sp³-hybridized carbons (Fsp3) is 0.294. The minimum atomic E-state index is -0.206. The third-order valence-corrected chi connectivity index (χ3v) is 4.05. The van der Waals surface area contributed by atoms with E-state index in [1.54, 1.807) is 0 Å². The van der Waals surface area contributed by atoms with Gasteiger partial charge >= 0.3 is 0 Å². The molecule has 0 spiro atoms. The van der Waals surface area contributed by atoms with Gasteiger partial charge in [-0.25, -0.2) is 4.39 Å². The SMILES string of the molecule is CCOc1ccc(C(Cc2ccc(F)cc2)NC)c(Br)c1. The summed E-state index contributed by atoms with van der Waals surface area (Å²) in [6.45, 7) is 2.61. The smallest absolute Gasteiger partial charge is 0.123 e. The Balaban J connectivity index is 2.18. The number of rotatable bonds is 6. The number of ether oxygens (including phenoxy) is 1. The van der Waals surface area contributed by atoms with Crippen molar-refractivity contribution in [2.45, 2.75) is 19.4 Å². The molecule has 0 aromatic heterocycles. The van der Waals surface area contributed by atoms with Crippen molar-refractivity contribution in [3.05, 3.63) is 63.9 Å². The maximum absolute atomic E-state index is 13.0. The molecule has 0 heterocycles. The molecule has 0 bridgehead atoms. The molecule has 1 atom stereocenters. The van der Waals surface area contributed by atoms with Gasteiger partial charge in [-0.3, -0.25) is 0 Å². The summed E-state index contributed by atoms with van der Waals surface area (Å²) in [7, 11) is 1.93. The molecule has 2 rings (SSSR count). The van der Waals surface area contributed by atoms with Crippen LogP contribution in [0.4, 0.5) is 4.39 Å². The normalized spacial score (nSPS) is 12.2. The average Bonchev–Trinajstić information content (AvgIpc) is 2.48. The molecule has 0 radical (unpaired) electrons. The van der Waals surface area contributed by atoms with Crippen LogP contribution in [0.1, 0.15) is 24.1 Å². The lowest BCUT2D eigenvalue weighted by Crippen LogP contribution is -2.19. The van der Waals surface area contributed by atoms with Crippen molar-refractivity contribution in [2.24, 2.45) is 0 Å². The molecule has 0 saturated heterocycles. The van der Waals surface area contributed by atoms with Gasteiger partial charge in [-0.1, -0.05) is 34.1 Å². The lowest BCUT2D eigenvalue weighted by Gasteiger charge is -2.19. The first-order chi connectivity index (χ1) is 10.1. The lowest BCUT2D eigenvalue weighted by atomic mass is 9.99. The number of nitrogens with one attached hydrogen (secondary N) is 1. The highest BCUT2D eigenvalue weighted by Crippen LogP contribution is 2.29. The van der Waals surface area contributed by atoms with Gasteiger partial charge in [0.1, 0.15) is 11.6 Å². The Labute approximate surface area is 133 Å². The van der Waals surface area contributed by atoms with Crippen LogP contribution in [0.5, 0.6) is 5.75 Å². The molecule has 0 saturated carbocycles. The van der Waals surface area contributed by atoms with E-state index in [4.69, 9.17) is 4.74 Å². The number of halogens is 2. The molecule has 0 aliphatic rings. The van der Waals surface area contributed by atoms with E-state index in [1.807, 2.05) is 38.2 Å². The van der Waals surface area contributed by atoms with Crippen LogP contribution < -0.4 is 10.1 Å². The number of benzene rings is 2. The molecule has 0 aliphatic carbocycles. The maximum Gasteiger partial charge on any atom is 0.123 e. The molecular formula is C17H19BrFNO. The Hall–Kier alpha value is -1.39. The van der Waals surface area contributed by atoms with Gasteiger partial charge < -0.3 is 10.1 Å². The highest BCUT2D eigenvalue weighted by molar-refractivity contribution is 9.10. The summed E-state index contributed by atoms with van der Waals surface area (Å²) in [5.41, 5.74) is 2.25. The average molecular weight is 352 g/mol. The van der Waals surface area contributed by atoms with Crippen LogP contribution in [0, 0.1) is 5.82 Å². The van der Waals surface area contributed by atoms with Gasteiger partial charge in [-0.05, 0) is 55.8 Å². The fourth-order valence-electron chi connectivity index (χ4n) is 2.27. The molecule has 112 valence electrons. The molecule has 2 aromatic rings. The maximum atomic E-state index is 13.0. The van der Waals surface area contributed by atoms with Crippen LogP contribution in [0.15, 0.2) is 46.9 Å². The van der Waals surface area contributed by atoms with Gasteiger partial charge in [-0.15, -0.1) is 0 Å². The third-order valence-electron chi connectivity index (χ3n) is 3.36. The Morgan fingerprint density at radius 3 is 2.48 bits per heavy atom. The first-order valence-electron chi connectivity index (χ1n) is 6.98. The largest absolute Gasteiger partial charge is 0.494 e. The van der Waals surface area contributed by atoms with Crippen LogP contribution in [-0.4, -0.2) is 13.7 Å². The summed E-state index contributed by atoms with van der Waals surface area (Å²) in [5.74, 6) is 0.645. The molecule has 1 N–H and O–H groups in total. The highest BCUT2D eigenvalue weighted by atomic mass is 79.9. The number of likely N-dealkylation sites (N-methyl/N-ethyl adjacent to an activating group) is 1. The van der Waals surface area contributed by atoms with E-state index in [2.05, 4.69) is 27.3 Å². The molecule has 2 nitrogen and oxygen atoms in total. The summed E-state index contributed by atoms with van der Waals surface area (Å²) in [5, 5.41) is 3.31. The van der Waals surface area contributed by atoms with Gasteiger partial charge in [0.05, 0.1) is 6.61 Å². The quantitative estimate of drug-likeness (QED) is 0.827. The molecule has 4 heteroatoms. The first kappa shape index (κ1) is 16.0. The Kier molecular flexibility index (Phi) is 5.76. The molecule has 0 amide bonds. The van der Waals surface area contributed by atoms with Crippen LogP contribution >= 0.6 is 15.9 Å². The Bertz CT molecular complexity index is 586. The van der Waals surface area contributed by atoms with Crippen LogP contribution in [0.25, 0.3) is 0 Å². The second-order valence-electron chi connectivity index (χ2n) is 4.79. The zero-order chi connectivity index (χ0) is 15.2. The molecule has 21 heavy (non-hydrogen) atoms.